The van der Waals surface area contributed by atoms with Gasteiger partial charge in [0, 0.05) is 19.3 Å². The fourth-order valence-electron chi connectivity index (χ4n) is 2.92. The van der Waals surface area contributed by atoms with E-state index in [0.29, 0.717) is 6.54 Å². The molecule has 5 heteroatoms. The van der Waals surface area contributed by atoms with E-state index in [2.05, 4.69) is 53.5 Å². The van der Waals surface area contributed by atoms with Crippen molar-refractivity contribution in [3.8, 4) is 0 Å². The maximum Gasteiger partial charge on any atom is 0.178 e. The zero-order valence-electron chi connectivity index (χ0n) is 13.9. The quantitative estimate of drug-likeness (QED) is 0.760. The van der Waals surface area contributed by atoms with Crippen molar-refractivity contribution in [2.45, 2.75) is 40.3 Å². The van der Waals surface area contributed by atoms with Gasteiger partial charge in [0.1, 0.15) is 5.82 Å². The summed E-state index contributed by atoms with van der Waals surface area (Å²) in [5.74, 6) is 0.757. The van der Waals surface area contributed by atoms with Crippen molar-refractivity contribution in [3.63, 3.8) is 0 Å². The largest absolute Gasteiger partial charge is 0.378 e. The summed E-state index contributed by atoms with van der Waals surface area (Å²) in [6.07, 6.45) is 2.97. The Morgan fingerprint density at radius 3 is 2.83 bits per heavy atom. The second-order valence-electron chi connectivity index (χ2n) is 5.81. The normalized spacial score (nSPS) is 11.1. The highest BCUT2D eigenvalue weighted by Gasteiger charge is 2.10. The van der Waals surface area contributed by atoms with E-state index in [9.17, 15) is 0 Å². The zero-order valence-corrected chi connectivity index (χ0v) is 13.9. The Hall–Kier alpha value is -2.40. The predicted molar refractivity (Wildman–Crippen MR) is 93.5 cm³/mol. The maximum absolute atomic E-state index is 5.80. The molecule has 2 heterocycles. The minimum absolute atomic E-state index is 0.480. The average molecular weight is 309 g/mol. The van der Waals surface area contributed by atoms with Crippen molar-refractivity contribution in [1.29, 1.82) is 0 Å². The summed E-state index contributed by atoms with van der Waals surface area (Å²) < 4.78 is 1.80. The molecule has 23 heavy (non-hydrogen) atoms. The van der Waals surface area contributed by atoms with Gasteiger partial charge in [-0.1, -0.05) is 25.1 Å². The molecule has 0 bridgehead atoms. The van der Waals surface area contributed by atoms with Crippen molar-refractivity contribution in [2.75, 3.05) is 5.32 Å². The van der Waals surface area contributed by atoms with Gasteiger partial charge < -0.3 is 11.1 Å². The highest BCUT2D eigenvalue weighted by Crippen LogP contribution is 2.21. The first-order valence-corrected chi connectivity index (χ1v) is 7.99. The molecule has 2 aromatic heterocycles. The fourth-order valence-corrected chi connectivity index (χ4v) is 2.92. The van der Waals surface area contributed by atoms with Crippen LogP contribution >= 0.6 is 0 Å². The van der Waals surface area contributed by atoms with Crippen LogP contribution in [0.25, 0.3) is 5.65 Å². The minimum atomic E-state index is 0.480. The van der Waals surface area contributed by atoms with Gasteiger partial charge in [0.05, 0.1) is 5.69 Å². The molecule has 0 unspecified atom stereocenters. The second kappa shape index (κ2) is 6.38. The van der Waals surface area contributed by atoms with E-state index in [-0.39, 0.29) is 0 Å². The highest BCUT2D eigenvalue weighted by atomic mass is 15.3. The number of benzene rings is 1. The lowest BCUT2D eigenvalue weighted by Gasteiger charge is -2.14. The Morgan fingerprint density at radius 1 is 1.26 bits per heavy atom. The first-order chi connectivity index (χ1) is 11.1. The lowest BCUT2D eigenvalue weighted by atomic mass is 10.00. The number of aryl methyl sites for hydroxylation is 3. The standard InChI is InChI=1S/C18H23N5/c1-4-15-7-5-6-12(2)16(15)10-20-17-8-14(9-19)11-23-18(17)21-13(3)22-23/h5-8,11,20H,4,9-10,19H2,1-3H3. The van der Waals surface area contributed by atoms with Crippen LogP contribution in [0.15, 0.2) is 30.5 Å². The van der Waals surface area contributed by atoms with E-state index in [1.54, 1.807) is 4.52 Å². The number of hydrogen-bond acceptors (Lipinski definition) is 4. The SMILES string of the molecule is CCc1cccc(C)c1CNc1cc(CN)cn2nc(C)nc12. The molecule has 0 atom stereocenters. The molecule has 5 nitrogen and oxygen atoms in total. The number of pyridine rings is 1. The molecule has 0 aliphatic carbocycles. The molecule has 1 aromatic carbocycles. The molecule has 3 rings (SSSR count). The number of rotatable bonds is 5. The predicted octanol–water partition coefficient (Wildman–Crippen LogP) is 2.98. The van der Waals surface area contributed by atoms with Gasteiger partial charge >= 0.3 is 0 Å². The van der Waals surface area contributed by atoms with E-state index in [4.69, 9.17) is 5.73 Å². The summed E-state index contributed by atoms with van der Waals surface area (Å²) in [5, 5.41) is 7.93. The van der Waals surface area contributed by atoms with E-state index in [1.165, 1.54) is 16.7 Å². The van der Waals surface area contributed by atoms with Crippen LogP contribution in [0.2, 0.25) is 0 Å². The van der Waals surface area contributed by atoms with Gasteiger partial charge in [-0.25, -0.2) is 9.50 Å². The Labute approximate surface area is 136 Å². The van der Waals surface area contributed by atoms with Crippen LogP contribution in [0.1, 0.15) is 35.0 Å². The van der Waals surface area contributed by atoms with Crippen LogP contribution in [-0.4, -0.2) is 14.6 Å². The lowest BCUT2D eigenvalue weighted by molar-refractivity contribution is 0.905. The van der Waals surface area contributed by atoms with Crippen molar-refractivity contribution in [2.24, 2.45) is 5.73 Å². The summed E-state index contributed by atoms with van der Waals surface area (Å²) in [5.41, 5.74) is 12.7. The Kier molecular flexibility index (Phi) is 4.30. The smallest absolute Gasteiger partial charge is 0.178 e. The Morgan fingerprint density at radius 2 is 2.09 bits per heavy atom. The lowest BCUT2D eigenvalue weighted by Crippen LogP contribution is -2.08. The third kappa shape index (κ3) is 3.05. The van der Waals surface area contributed by atoms with E-state index >= 15 is 0 Å². The molecule has 3 aromatic rings. The molecule has 0 amide bonds. The molecule has 0 saturated heterocycles. The summed E-state index contributed by atoms with van der Waals surface area (Å²) >= 11 is 0. The Bertz CT molecular complexity index is 835. The summed E-state index contributed by atoms with van der Waals surface area (Å²) in [6.45, 7) is 7.49. The van der Waals surface area contributed by atoms with Crippen molar-refractivity contribution >= 4 is 11.3 Å². The molecular formula is C18H23N5. The van der Waals surface area contributed by atoms with Crippen molar-refractivity contribution in [1.82, 2.24) is 14.6 Å². The zero-order chi connectivity index (χ0) is 16.4. The highest BCUT2D eigenvalue weighted by molar-refractivity contribution is 5.68. The third-order valence-corrected chi connectivity index (χ3v) is 4.18. The number of hydrogen-bond donors (Lipinski definition) is 2. The summed E-state index contributed by atoms with van der Waals surface area (Å²) in [7, 11) is 0. The van der Waals surface area contributed by atoms with Crippen molar-refractivity contribution < 1.29 is 0 Å². The van der Waals surface area contributed by atoms with Crippen LogP contribution in [0.4, 0.5) is 5.69 Å². The van der Waals surface area contributed by atoms with Gasteiger partial charge in [-0.15, -0.1) is 0 Å². The molecule has 3 N–H and O–H groups in total. The first kappa shape index (κ1) is 15.5. The molecule has 0 aliphatic rings. The molecule has 120 valence electrons. The monoisotopic (exact) mass is 309 g/mol. The van der Waals surface area contributed by atoms with Gasteiger partial charge in [-0.2, -0.15) is 5.10 Å². The molecule has 0 spiro atoms. The number of anilines is 1. The van der Waals surface area contributed by atoms with Gasteiger partial charge in [-0.05, 0) is 48.6 Å². The molecule has 0 aliphatic heterocycles. The fraction of sp³-hybridized carbons (Fsp3) is 0.333. The van der Waals surface area contributed by atoms with Crippen molar-refractivity contribution in [3.05, 3.63) is 58.5 Å². The average Bonchev–Trinajstić information content (AvgIpc) is 2.93. The molecular weight excluding hydrogens is 286 g/mol. The molecule has 0 radical (unpaired) electrons. The maximum atomic E-state index is 5.80. The van der Waals surface area contributed by atoms with Crippen LogP contribution in [0.3, 0.4) is 0 Å². The number of fused-ring (bicyclic) bond motifs is 1. The van der Waals surface area contributed by atoms with Crippen LogP contribution < -0.4 is 11.1 Å². The first-order valence-electron chi connectivity index (χ1n) is 7.99. The van der Waals surface area contributed by atoms with Crippen LogP contribution in [0.5, 0.6) is 0 Å². The summed E-state index contributed by atoms with van der Waals surface area (Å²) in [6, 6.07) is 8.53. The van der Waals surface area contributed by atoms with Crippen LogP contribution in [0, 0.1) is 13.8 Å². The third-order valence-electron chi connectivity index (χ3n) is 4.18. The van der Waals surface area contributed by atoms with Gasteiger partial charge in [0.2, 0.25) is 0 Å². The molecule has 0 saturated carbocycles. The number of nitrogens with zero attached hydrogens (tertiary/aromatic N) is 3. The topological polar surface area (TPSA) is 68.2 Å². The number of nitrogens with two attached hydrogens (primary N) is 1. The van der Waals surface area contributed by atoms with Gasteiger partial charge in [0.25, 0.3) is 0 Å². The van der Waals surface area contributed by atoms with E-state index in [1.807, 2.05) is 13.1 Å². The number of aromatic nitrogens is 3. The summed E-state index contributed by atoms with van der Waals surface area (Å²) in [4.78, 5) is 4.51. The Balaban J connectivity index is 1.96. The molecule has 0 fully saturated rings. The number of nitrogens with one attached hydrogen (secondary N) is 1. The van der Waals surface area contributed by atoms with Gasteiger partial charge in [0.15, 0.2) is 5.65 Å². The van der Waals surface area contributed by atoms with Crippen LogP contribution in [-0.2, 0) is 19.5 Å². The second-order valence-corrected chi connectivity index (χ2v) is 5.81. The van der Waals surface area contributed by atoms with E-state index < -0.39 is 0 Å². The van der Waals surface area contributed by atoms with E-state index in [0.717, 1.165) is 35.7 Å². The van der Waals surface area contributed by atoms with Gasteiger partial charge in [-0.3, -0.25) is 0 Å². The minimum Gasteiger partial charge on any atom is -0.378 e.